The molecule has 0 bridgehead atoms. The third-order valence-corrected chi connectivity index (χ3v) is 2.89. The maximum absolute atomic E-state index is 13.7. The number of methoxy groups -OCH3 is 1. The van der Waals surface area contributed by atoms with Gasteiger partial charge in [-0.2, -0.15) is 0 Å². The van der Waals surface area contributed by atoms with Crippen LogP contribution in [0.5, 0.6) is 11.5 Å². The first-order valence-electron chi connectivity index (χ1n) is 6.34. The maximum atomic E-state index is 13.7. The van der Waals surface area contributed by atoms with Gasteiger partial charge in [0.1, 0.15) is 12.0 Å². The summed E-state index contributed by atoms with van der Waals surface area (Å²) in [5, 5.41) is 0. The zero-order valence-corrected chi connectivity index (χ0v) is 11.4. The lowest BCUT2D eigenvalue weighted by molar-refractivity contribution is 0.112. The van der Waals surface area contributed by atoms with Crippen LogP contribution < -0.4 is 4.74 Å². The summed E-state index contributed by atoms with van der Waals surface area (Å²) in [6.45, 7) is 0.594. The minimum atomic E-state index is -0.916. The van der Waals surface area contributed by atoms with E-state index < -0.39 is 17.4 Å². The normalized spacial score (nSPS) is 10.4. The molecule has 0 N–H and O–H groups in total. The summed E-state index contributed by atoms with van der Waals surface area (Å²) in [7, 11) is 1.62. The molecule has 0 aliphatic rings. The van der Waals surface area contributed by atoms with Crippen LogP contribution in [0.1, 0.15) is 15.9 Å². The number of hydrogen-bond acceptors (Lipinski definition) is 3. The van der Waals surface area contributed by atoms with E-state index in [9.17, 15) is 13.6 Å². The largest absolute Gasteiger partial charge is 0.451 e. The van der Waals surface area contributed by atoms with Crippen molar-refractivity contribution in [3.05, 3.63) is 59.2 Å². The molecular formula is C16H14F2O3. The van der Waals surface area contributed by atoms with Crippen molar-refractivity contribution >= 4 is 6.29 Å². The highest BCUT2D eigenvalue weighted by atomic mass is 19.1. The van der Waals surface area contributed by atoms with Gasteiger partial charge >= 0.3 is 0 Å². The Morgan fingerprint density at radius 3 is 2.24 bits per heavy atom. The van der Waals surface area contributed by atoms with E-state index in [4.69, 9.17) is 9.47 Å². The van der Waals surface area contributed by atoms with Crippen molar-refractivity contribution in [2.75, 3.05) is 13.7 Å². The highest BCUT2D eigenvalue weighted by Gasteiger charge is 2.13. The minimum Gasteiger partial charge on any atom is -0.451 e. The molecule has 2 aromatic carbocycles. The Hall–Kier alpha value is -2.27. The summed E-state index contributed by atoms with van der Waals surface area (Å²) >= 11 is 0. The fraction of sp³-hybridized carbons (Fsp3) is 0.188. The Morgan fingerprint density at radius 2 is 1.71 bits per heavy atom. The summed E-state index contributed by atoms with van der Waals surface area (Å²) in [4.78, 5) is 10.5. The Morgan fingerprint density at radius 1 is 1.10 bits per heavy atom. The first-order chi connectivity index (χ1) is 10.1. The Bertz CT molecular complexity index is 601. The van der Waals surface area contributed by atoms with Crippen LogP contribution in [0.25, 0.3) is 0 Å². The van der Waals surface area contributed by atoms with E-state index in [1.807, 2.05) is 0 Å². The van der Waals surface area contributed by atoms with E-state index in [1.54, 1.807) is 31.4 Å². The Labute approximate surface area is 121 Å². The Kier molecular flexibility index (Phi) is 5.00. The van der Waals surface area contributed by atoms with Crippen LogP contribution >= 0.6 is 0 Å². The fourth-order valence-corrected chi connectivity index (χ4v) is 1.81. The fourth-order valence-electron chi connectivity index (χ4n) is 1.81. The number of rotatable bonds is 6. The average molecular weight is 292 g/mol. The lowest BCUT2D eigenvalue weighted by atomic mass is 10.1. The monoisotopic (exact) mass is 292 g/mol. The van der Waals surface area contributed by atoms with Gasteiger partial charge in [0.25, 0.3) is 0 Å². The van der Waals surface area contributed by atoms with Crippen molar-refractivity contribution < 1.29 is 23.0 Å². The highest BCUT2D eigenvalue weighted by Crippen LogP contribution is 2.28. The molecular weight excluding hydrogens is 278 g/mol. The molecule has 0 fully saturated rings. The Balaban J connectivity index is 2.16. The van der Waals surface area contributed by atoms with Crippen LogP contribution in [0.2, 0.25) is 0 Å². The van der Waals surface area contributed by atoms with E-state index in [-0.39, 0.29) is 5.56 Å². The van der Waals surface area contributed by atoms with Crippen molar-refractivity contribution in [1.29, 1.82) is 0 Å². The predicted octanol–water partition coefficient (Wildman–Crippen LogP) is 3.76. The zero-order chi connectivity index (χ0) is 15.2. The molecule has 0 heterocycles. The minimum absolute atomic E-state index is 0.0766. The van der Waals surface area contributed by atoms with Crippen LogP contribution in [0, 0.1) is 11.6 Å². The maximum Gasteiger partial charge on any atom is 0.198 e. The molecule has 3 nitrogen and oxygen atoms in total. The topological polar surface area (TPSA) is 35.5 Å². The van der Waals surface area contributed by atoms with Gasteiger partial charge in [0.15, 0.2) is 17.4 Å². The number of aldehydes is 1. The van der Waals surface area contributed by atoms with E-state index in [0.717, 1.165) is 24.1 Å². The van der Waals surface area contributed by atoms with E-state index in [1.165, 1.54) is 0 Å². The van der Waals surface area contributed by atoms with Gasteiger partial charge in [0, 0.05) is 12.7 Å². The molecule has 21 heavy (non-hydrogen) atoms. The smallest absolute Gasteiger partial charge is 0.198 e. The van der Waals surface area contributed by atoms with E-state index in [2.05, 4.69) is 0 Å². The first kappa shape index (κ1) is 15.1. The zero-order valence-electron chi connectivity index (χ0n) is 11.4. The molecule has 0 unspecified atom stereocenters. The molecule has 2 aromatic rings. The second-order valence-corrected chi connectivity index (χ2v) is 4.42. The third kappa shape index (κ3) is 3.86. The molecule has 2 rings (SSSR count). The lowest BCUT2D eigenvalue weighted by Gasteiger charge is -2.09. The number of carbonyl (C=O) groups is 1. The second-order valence-electron chi connectivity index (χ2n) is 4.42. The van der Waals surface area contributed by atoms with Crippen molar-refractivity contribution in [3.63, 3.8) is 0 Å². The standard InChI is InChI=1S/C16H14F2O3/c1-20-7-6-11-2-4-13(5-3-11)21-16-14(17)8-12(10-19)9-15(16)18/h2-5,8-10H,6-7H2,1H3. The van der Waals surface area contributed by atoms with Crippen LogP contribution in [0.3, 0.4) is 0 Å². The van der Waals surface area contributed by atoms with Crippen molar-refractivity contribution in [2.45, 2.75) is 6.42 Å². The summed E-state index contributed by atoms with van der Waals surface area (Å²) < 4.78 is 37.5. The molecule has 0 aliphatic heterocycles. The van der Waals surface area contributed by atoms with Crippen LogP contribution in [0.4, 0.5) is 8.78 Å². The molecule has 0 radical (unpaired) electrons. The van der Waals surface area contributed by atoms with Crippen LogP contribution in [0.15, 0.2) is 36.4 Å². The molecule has 0 spiro atoms. The van der Waals surface area contributed by atoms with Gasteiger partial charge in [-0.05, 0) is 36.2 Å². The van der Waals surface area contributed by atoms with Crippen molar-refractivity contribution in [1.82, 2.24) is 0 Å². The summed E-state index contributed by atoms with van der Waals surface area (Å²) in [6, 6.07) is 8.69. The predicted molar refractivity (Wildman–Crippen MR) is 73.8 cm³/mol. The summed E-state index contributed by atoms with van der Waals surface area (Å²) in [5.74, 6) is -2.04. The molecule has 0 saturated heterocycles. The van der Waals surface area contributed by atoms with Gasteiger partial charge in [-0.25, -0.2) is 8.78 Å². The molecule has 0 saturated carbocycles. The number of benzene rings is 2. The highest BCUT2D eigenvalue weighted by molar-refractivity contribution is 5.75. The summed E-state index contributed by atoms with van der Waals surface area (Å²) in [6.07, 6.45) is 1.12. The van der Waals surface area contributed by atoms with Gasteiger partial charge in [-0.15, -0.1) is 0 Å². The van der Waals surface area contributed by atoms with Crippen molar-refractivity contribution in [2.24, 2.45) is 0 Å². The molecule has 110 valence electrons. The van der Waals surface area contributed by atoms with E-state index in [0.29, 0.717) is 18.6 Å². The lowest BCUT2D eigenvalue weighted by Crippen LogP contribution is -1.96. The van der Waals surface area contributed by atoms with Gasteiger partial charge in [-0.1, -0.05) is 12.1 Å². The second kappa shape index (κ2) is 6.95. The first-order valence-corrected chi connectivity index (χ1v) is 6.34. The average Bonchev–Trinajstić information content (AvgIpc) is 2.49. The molecule has 0 amide bonds. The van der Waals surface area contributed by atoms with Gasteiger partial charge in [0.2, 0.25) is 0 Å². The van der Waals surface area contributed by atoms with Gasteiger partial charge in [-0.3, -0.25) is 4.79 Å². The summed E-state index contributed by atoms with van der Waals surface area (Å²) in [5.41, 5.74) is 0.953. The van der Waals surface area contributed by atoms with Crippen molar-refractivity contribution in [3.8, 4) is 11.5 Å². The van der Waals surface area contributed by atoms with Gasteiger partial charge < -0.3 is 9.47 Å². The molecule has 0 aromatic heterocycles. The number of ether oxygens (including phenoxy) is 2. The van der Waals surface area contributed by atoms with Crippen LogP contribution in [-0.4, -0.2) is 20.0 Å². The molecule has 0 aliphatic carbocycles. The molecule has 5 heteroatoms. The molecule has 0 atom stereocenters. The SMILES string of the molecule is COCCc1ccc(Oc2c(F)cc(C=O)cc2F)cc1. The van der Waals surface area contributed by atoms with E-state index >= 15 is 0 Å². The third-order valence-electron chi connectivity index (χ3n) is 2.89. The number of halogens is 2. The van der Waals surface area contributed by atoms with Crippen LogP contribution in [-0.2, 0) is 11.2 Å². The quantitative estimate of drug-likeness (QED) is 0.760. The number of hydrogen-bond donors (Lipinski definition) is 0. The van der Waals surface area contributed by atoms with Gasteiger partial charge in [0.05, 0.1) is 6.61 Å². The number of carbonyl (C=O) groups excluding carboxylic acids is 1.